The number of rotatable bonds is 5. The van der Waals surface area contributed by atoms with Gasteiger partial charge in [-0.3, -0.25) is 0 Å². The van der Waals surface area contributed by atoms with E-state index < -0.39 is 0 Å². The van der Waals surface area contributed by atoms with E-state index in [9.17, 15) is 0 Å². The van der Waals surface area contributed by atoms with E-state index in [1.54, 1.807) is 0 Å². The maximum Gasteiger partial charge on any atom is 0.237 e. The molecular weight excluding hydrogens is 130 g/mol. The molecule has 1 heterocycles. The fourth-order valence-electron chi connectivity index (χ4n) is 0.662. The number of hydrogen-bond acceptors (Lipinski definition) is 2. The van der Waals surface area contributed by atoms with E-state index in [1.807, 2.05) is 0 Å². The minimum absolute atomic E-state index is 0.452. The number of hydrogen-bond donors (Lipinski definition) is 0. The lowest BCUT2D eigenvalue weighted by Crippen LogP contribution is -2.01. The summed E-state index contributed by atoms with van der Waals surface area (Å²) in [5.41, 5.74) is 0. The normalized spacial score (nSPS) is 22.1. The molecule has 3 nitrogen and oxygen atoms in total. The van der Waals surface area contributed by atoms with Gasteiger partial charge in [-0.05, 0) is 6.42 Å². The number of epoxide rings is 1. The summed E-state index contributed by atoms with van der Waals surface area (Å²) in [4.78, 5) is 3.16. The van der Waals surface area contributed by atoms with Crippen molar-refractivity contribution in [2.45, 2.75) is 12.5 Å². The Kier molecular flexibility index (Phi) is 3.20. The predicted molar refractivity (Wildman–Crippen MR) is 36.6 cm³/mol. The molecule has 0 saturated carbocycles. The Hall–Kier alpha value is -0.590. The second-order valence-corrected chi connectivity index (χ2v) is 2.24. The lowest BCUT2D eigenvalue weighted by Gasteiger charge is -1.95. The Bertz CT molecular complexity index is 126. The van der Waals surface area contributed by atoms with E-state index in [0.29, 0.717) is 19.3 Å². The van der Waals surface area contributed by atoms with Crippen molar-refractivity contribution in [3.05, 3.63) is 11.4 Å². The molecule has 1 fully saturated rings. The summed E-state index contributed by atoms with van der Waals surface area (Å²) in [5.74, 6) is 0. The van der Waals surface area contributed by atoms with Crippen LogP contribution in [0.5, 0.6) is 0 Å². The van der Waals surface area contributed by atoms with Crippen LogP contribution in [0.2, 0.25) is 0 Å². The summed E-state index contributed by atoms with van der Waals surface area (Å²) in [6, 6.07) is 0. The maximum absolute atomic E-state index is 6.46. The van der Waals surface area contributed by atoms with Crippen molar-refractivity contribution in [3.63, 3.8) is 0 Å². The van der Waals surface area contributed by atoms with Gasteiger partial charge in [0, 0.05) is 6.61 Å². The highest BCUT2D eigenvalue weighted by molar-refractivity contribution is 4.67. The zero-order valence-corrected chi connectivity index (χ0v) is 5.88. The molecule has 0 amide bonds. The minimum Gasteiger partial charge on any atom is -0.374 e. The SMILES string of the molecule is [C-]#[N+]CCOCCC1CO1. The predicted octanol–water partition coefficient (Wildman–Crippen LogP) is 0.711. The maximum atomic E-state index is 6.46. The molecule has 1 saturated heterocycles. The zero-order valence-electron chi connectivity index (χ0n) is 5.88. The molecule has 0 spiro atoms. The topological polar surface area (TPSA) is 26.1 Å². The Morgan fingerprint density at radius 2 is 2.40 bits per heavy atom. The third kappa shape index (κ3) is 3.44. The molecule has 0 N–H and O–H groups in total. The highest BCUT2D eigenvalue weighted by Crippen LogP contribution is 2.12. The molecular formula is C7H11NO2. The summed E-state index contributed by atoms with van der Waals surface area (Å²) in [6.45, 7) is 9.13. The minimum atomic E-state index is 0.452. The van der Waals surface area contributed by atoms with Crippen LogP contribution < -0.4 is 0 Å². The average Bonchev–Trinajstić information content (AvgIpc) is 2.71. The van der Waals surface area contributed by atoms with Gasteiger partial charge in [0.25, 0.3) is 0 Å². The van der Waals surface area contributed by atoms with Crippen LogP contribution in [0, 0.1) is 6.57 Å². The first-order valence-electron chi connectivity index (χ1n) is 3.46. The Morgan fingerprint density at radius 3 is 3.00 bits per heavy atom. The fraction of sp³-hybridized carbons (Fsp3) is 0.857. The van der Waals surface area contributed by atoms with Crippen molar-refractivity contribution in [2.24, 2.45) is 0 Å². The zero-order chi connectivity index (χ0) is 7.23. The molecule has 0 bridgehead atoms. The molecule has 0 aromatic carbocycles. The van der Waals surface area contributed by atoms with Crippen LogP contribution in [0.4, 0.5) is 0 Å². The summed E-state index contributed by atoms with van der Waals surface area (Å²) >= 11 is 0. The van der Waals surface area contributed by atoms with Crippen LogP contribution in [0.3, 0.4) is 0 Å². The molecule has 0 aromatic heterocycles. The van der Waals surface area contributed by atoms with E-state index >= 15 is 0 Å². The lowest BCUT2D eigenvalue weighted by atomic mass is 10.3. The van der Waals surface area contributed by atoms with Crippen molar-refractivity contribution in [1.82, 2.24) is 0 Å². The molecule has 1 aliphatic rings. The van der Waals surface area contributed by atoms with Gasteiger partial charge in [0.2, 0.25) is 6.54 Å². The van der Waals surface area contributed by atoms with E-state index in [-0.39, 0.29) is 0 Å². The van der Waals surface area contributed by atoms with Gasteiger partial charge in [-0.2, -0.15) is 0 Å². The van der Waals surface area contributed by atoms with Gasteiger partial charge in [0.05, 0.1) is 12.7 Å². The van der Waals surface area contributed by atoms with Gasteiger partial charge in [0.1, 0.15) is 6.61 Å². The van der Waals surface area contributed by atoms with Crippen LogP contribution in [0.1, 0.15) is 6.42 Å². The lowest BCUT2D eigenvalue weighted by molar-refractivity contribution is 0.136. The number of ether oxygens (including phenoxy) is 2. The second kappa shape index (κ2) is 4.26. The van der Waals surface area contributed by atoms with Crippen LogP contribution in [-0.4, -0.2) is 32.5 Å². The molecule has 0 aromatic rings. The van der Waals surface area contributed by atoms with Crippen molar-refractivity contribution in [2.75, 3.05) is 26.4 Å². The van der Waals surface area contributed by atoms with Crippen LogP contribution in [0.15, 0.2) is 0 Å². The monoisotopic (exact) mass is 141 g/mol. The second-order valence-electron chi connectivity index (χ2n) is 2.24. The van der Waals surface area contributed by atoms with E-state index in [4.69, 9.17) is 16.0 Å². The first-order valence-corrected chi connectivity index (χ1v) is 3.46. The van der Waals surface area contributed by atoms with Gasteiger partial charge in [-0.15, -0.1) is 0 Å². The number of nitrogens with zero attached hydrogens (tertiary/aromatic N) is 1. The van der Waals surface area contributed by atoms with E-state index in [0.717, 1.165) is 19.6 Å². The largest absolute Gasteiger partial charge is 0.374 e. The molecule has 3 heteroatoms. The molecule has 1 rings (SSSR count). The third-order valence-corrected chi connectivity index (χ3v) is 1.33. The first-order chi connectivity index (χ1) is 4.93. The highest BCUT2D eigenvalue weighted by Gasteiger charge is 2.21. The smallest absolute Gasteiger partial charge is 0.237 e. The Balaban J connectivity index is 1.73. The van der Waals surface area contributed by atoms with Crippen molar-refractivity contribution in [3.8, 4) is 0 Å². The third-order valence-electron chi connectivity index (χ3n) is 1.33. The molecule has 10 heavy (non-hydrogen) atoms. The molecule has 1 aliphatic heterocycles. The average molecular weight is 141 g/mol. The summed E-state index contributed by atoms with van der Waals surface area (Å²) < 4.78 is 10.1. The quantitative estimate of drug-likeness (QED) is 0.320. The van der Waals surface area contributed by atoms with Gasteiger partial charge in [0.15, 0.2) is 0 Å². The van der Waals surface area contributed by atoms with E-state index in [1.165, 1.54) is 0 Å². The Morgan fingerprint density at radius 1 is 1.60 bits per heavy atom. The van der Waals surface area contributed by atoms with E-state index in [2.05, 4.69) is 4.85 Å². The summed E-state index contributed by atoms with van der Waals surface area (Å²) in [7, 11) is 0. The van der Waals surface area contributed by atoms with Crippen LogP contribution in [-0.2, 0) is 9.47 Å². The summed E-state index contributed by atoms with van der Waals surface area (Å²) in [5, 5.41) is 0. The van der Waals surface area contributed by atoms with Crippen molar-refractivity contribution in [1.29, 1.82) is 0 Å². The van der Waals surface area contributed by atoms with Crippen molar-refractivity contribution >= 4 is 0 Å². The molecule has 1 atom stereocenters. The van der Waals surface area contributed by atoms with Gasteiger partial charge >= 0.3 is 0 Å². The first kappa shape index (κ1) is 7.52. The van der Waals surface area contributed by atoms with Gasteiger partial charge in [-0.25, -0.2) is 6.57 Å². The molecule has 0 aliphatic carbocycles. The summed E-state index contributed by atoms with van der Waals surface area (Å²) in [6.07, 6.45) is 1.44. The van der Waals surface area contributed by atoms with Crippen LogP contribution in [0.25, 0.3) is 4.85 Å². The fourth-order valence-corrected chi connectivity index (χ4v) is 0.662. The highest BCUT2D eigenvalue weighted by atomic mass is 16.6. The molecule has 1 unspecified atom stereocenters. The van der Waals surface area contributed by atoms with Gasteiger partial charge in [-0.1, -0.05) is 0 Å². The molecule has 0 radical (unpaired) electrons. The van der Waals surface area contributed by atoms with Crippen LogP contribution >= 0.6 is 0 Å². The van der Waals surface area contributed by atoms with Gasteiger partial charge < -0.3 is 14.3 Å². The molecule has 56 valence electrons. The Labute approximate surface area is 60.8 Å². The van der Waals surface area contributed by atoms with Crippen molar-refractivity contribution < 1.29 is 9.47 Å². The standard InChI is InChI=1S/C7H11NO2/c1-8-3-5-9-4-2-7-6-10-7/h7H,2-6H2.